The van der Waals surface area contributed by atoms with E-state index in [4.69, 9.17) is 4.74 Å². The molecular weight excluding hydrogens is 422 g/mol. The summed E-state index contributed by atoms with van der Waals surface area (Å²) in [4.78, 5) is 27.1. The zero-order chi connectivity index (χ0) is 19.7. The zero-order valence-corrected chi connectivity index (χ0v) is 17.2. The Hall–Kier alpha value is -2.54. The molecule has 2 amide bonds. The number of halogens is 1. The number of hydrogen-bond acceptors (Lipinski definition) is 4. The fourth-order valence-electron chi connectivity index (χ4n) is 3.80. The molecule has 146 valence electrons. The average molecular weight is 444 g/mol. The van der Waals surface area contributed by atoms with Gasteiger partial charge in [-0.2, -0.15) is 0 Å². The normalized spacial score (nSPS) is 17.5. The summed E-state index contributed by atoms with van der Waals surface area (Å²) in [6, 6.07) is 13.2. The molecule has 6 nitrogen and oxygen atoms in total. The van der Waals surface area contributed by atoms with Gasteiger partial charge in [-0.05, 0) is 35.9 Å². The van der Waals surface area contributed by atoms with E-state index in [1.165, 1.54) is 0 Å². The number of anilines is 1. The van der Waals surface area contributed by atoms with E-state index in [1.807, 2.05) is 47.4 Å². The second kappa shape index (κ2) is 7.47. The van der Waals surface area contributed by atoms with Crippen molar-refractivity contribution in [3.63, 3.8) is 0 Å². The van der Waals surface area contributed by atoms with Gasteiger partial charge in [-0.15, -0.1) is 0 Å². The second-order valence-electron chi connectivity index (χ2n) is 7.26. The van der Waals surface area contributed by atoms with Gasteiger partial charge in [-0.1, -0.05) is 28.1 Å². The quantitative estimate of drug-likeness (QED) is 0.763. The van der Waals surface area contributed by atoms with Crippen LogP contribution < -0.4 is 15.4 Å². The molecule has 2 aliphatic rings. The summed E-state index contributed by atoms with van der Waals surface area (Å²) in [5.41, 5.74) is 1.95. The summed E-state index contributed by atoms with van der Waals surface area (Å²) in [6.07, 6.45) is 1.71. The molecule has 0 atom stereocenters. The van der Waals surface area contributed by atoms with Gasteiger partial charge in [0.15, 0.2) is 0 Å². The number of likely N-dealkylation sites (tertiary alicyclic amines) is 1. The van der Waals surface area contributed by atoms with Crippen molar-refractivity contribution in [3.8, 4) is 5.75 Å². The van der Waals surface area contributed by atoms with E-state index in [1.54, 1.807) is 7.11 Å². The largest absolute Gasteiger partial charge is 0.497 e. The maximum Gasteiger partial charge on any atom is 0.255 e. The van der Waals surface area contributed by atoms with Gasteiger partial charge in [-0.3, -0.25) is 9.59 Å². The van der Waals surface area contributed by atoms with Crippen LogP contribution in [0.1, 0.15) is 28.8 Å². The number of benzene rings is 2. The van der Waals surface area contributed by atoms with Crippen LogP contribution in [0.3, 0.4) is 0 Å². The Balaban J connectivity index is 1.39. The van der Waals surface area contributed by atoms with Crippen molar-refractivity contribution < 1.29 is 14.3 Å². The molecule has 2 aromatic carbocycles. The monoisotopic (exact) mass is 443 g/mol. The van der Waals surface area contributed by atoms with Crippen LogP contribution in [0.25, 0.3) is 0 Å². The number of nitrogens with one attached hydrogen (secondary N) is 2. The van der Waals surface area contributed by atoms with Crippen LogP contribution >= 0.6 is 15.9 Å². The SMILES string of the molecule is COc1ccc(CC(=O)N2CCC3(CC2)NC(=O)c2cc(Br)ccc2N3)cc1. The number of rotatable bonds is 3. The van der Waals surface area contributed by atoms with Crippen molar-refractivity contribution in [2.45, 2.75) is 24.9 Å². The number of fused-ring (bicyclic) bond motifs is 1. The van der Waals surface area contributed by atoms with Gasteiger partial charge in [0.1, 0.15) is 11.4 Å². The highest BCUT2D eigenvalue weighted by atomic mass is 79.9. The lowest BCUT2D eigenvalue weighted by atomic mass is 9.92. The highest BCUT2D eigenvalue weighted by Crippen LogP contribution is 2.33. The molecule has 2 aliphatic heterocycles. The minimum Gasteiger partial charge on any atom is -0.497 e. The summed E-state index contributed by atoms with van der Waals surface area (Å²) in [5, 5.41) is 6.60. The van der Waals surface area contributed by atoms with Crippen molar-refractivity contribution in [1.29, 1.82) is 0 Å². The Morgan fingerprint density at radius 1 is 1.14 bits per heavy atom. The van der Waals surface area contributed by atoms with Gasteiger partial charge in [0.05, 0.1) is 19.1 Å². The summed E-state index contributed by atoms with van der Waals surface area (Å²) in [6.45, 7) is 1.21. The van der Waals surface area contributed by atoms with Crippen LogP contribution in [0, 0.1) is 0 Å². The predicted octanol–water partition coefficient (Wildman–Crippen LogP) is 3.17. The number of ether oxygens (including phenoxy) is 1. The van der Waals surface area contributed by atoms with Crippen molar-refractivity contribution in [1.82, 2.24) is 10.2 Å². The van der Waals surface area contributed by atoms with Crippen LogP contribution in [0.15, 0.2) is 46.9 Å². The number of piperidine rings is 1. The number of hydrogen-bond donors (Lipinski definition) is 2. The topological polar surface area (TPSA) is 70.7 Å². The van der Waals surface area contributed by atoms with E-state index in [0.29, 0.717) is 37.9 Å². The minimum atomic E-state index is -0.491. The predicted molar refractivity (Wildman–Crippen MR) is 110 cm³/mol. The summed E-state index contributed by atoms with van der Waals surface area (Å²) < 4.78 is 6.03. The first kappa shape index (κ1) is 18.8. The summed E-state index contributed by atoms with van der Waals surface area (Å²) in [5.74, 6) is 0.807. The van der Waals surface area contributed by atoms with Crippen LogP contribution in [-0.2, 0) is 11.2 Å². The molecule has 1 fully saturated rings. The molecule has 2 heterocycles. The number of carbonyl (C=O) groups excluding carboxylic acids is 2. The Morgan fingerprint density at radius 3 is 2.54 bits per heavy atom. The van der Waals surface area contributed by atoms with Gasteiger partial charge in [0.25, 0.3) is 5.91 Å². The lowest BCUT2D eigenvalue weighted by Crippen LogP contribution is -2.62. The molecule has 0 aliphatic carbocycles. The van der Waals surface area contributed by atoms with E-state index >= 15 is 0 Å². The highest BCUT2D eigenvalue weighted by Gasteiger charge is 2.40. The molecule has 1 saturated heterocycles. The molecule has 0 saturated carbocycles. The van der Waals surface area contributed by atoms with Gasteiger partial charge < -0.3 is 20.3 Å². The van der Waals surface area contributed by atoms with E-state index in [-0.39, 0.29) is 11.8 Å². The van der Waals surface area contributed by atoms with Crippen LogP contribution in [0.4, 0.5) is 5.69 Å². The fourth-order valence-corrected chi connectivity index (χ4v) is 4.17. The maximum atomic E-state index is 12.7. The van der Waals surface area contributed by atoms with Gasteiger partial charge >= 0.3 is 0 Å². The van der Waals surface area contributed by atoms with Gasteiger partial charge in [-0.25, -0.2) is 0 Å². The number of nitrogens with zero attached hydrogens (tertiary/aromatic N) is 1. The van der Waals surface area contributed by atoms with Gasteiger partial charge in [0.2, 0.25) is 5.91 Å². The fraction of sp³-hybridized carbons (Fsp3) is 0.333. The van der Waals surface area contributed by atoms with Crippen LogP contribution in [0.5, 0.6) is 5.75 Å². The third-order valence-corrected chi connectivity index (χ3v) is 5.93. The van der Waals surface area contributed by atoms with Gasteiger partial charge in [0, 0.05) is 36.1 Å². The Bertz CT molecular complexity index is 906. The highest BCUT2D eigenvalue weighted by molar-refractivity contribution is 9.10. The first-order chi connectivity index (χ1) is 13.5. The molecule has 0 radical (unpaired) electrons. The average Bonchev–Trinajstić information content (AvgIpc) is 2.70. The Labute approximate surface area is 172 Å². The number of carbonyl (C=O) groups is 2. The molecule has 1 spiro atoms. The molecule has 0 unspecified atom stereocenters. The smallest absolute Gasteiger partial charge is 0.255 e. The van der Waals surface area contributed by atoms with Crippen molar-refractivity contribution in [2.75, 3.05) is 25.5 Å². The van der Waals surface area contributed by atoms with E-state index in [0.717, 1.165) is 21.5 Å². The maximum absolute atomic E-state index is 12.7. The molecule has 0 aromatic heterocycles. The molecule has 0 bridgehead atoms. The van der Waals surface area contributed by atoms with Crippen molar-refractivity contribution >= 4 is 33.4 Å². The van der Waals surface area contributed by atoms with E-state index < -0.39 is 5.66 Å². The molecule has 2 aromatic rings. The minimum absolute atomic E-state index is 0.0759. The van der Waals surface area contributed by atoms with E-state index in [9.17, 15) is 9.59 Å². The number of amides is 2. The first-order valence-corrected chi connectivity index (χ1v) is 10.1. The standard InChI is InChI=1S/C21H22BrN3O3/c1-28-16-5-2-14(3-6-16)12-19(26)25-10-8-21(9-11-25)23-18-7-4-15(22)13-17(18)20(27)24-21/h2-7,13,23H,8-12H2,1H3,(H,24,27). The lowest BCUT2D eigenvalue weighted by molar-refractivity contribution is -0.132. The molecule has 28 heavy (non-hydrogen) atoms. The van der Waals surface area contributed by atoms with Crippen molar-refractivity contribution in [3.05, 3.63) is 58.1 Å². The second-order valence-corrected chi connectivity index (χ2v) is 8.17. The summed E-state index contributed by atoms with van der Waals surface area (Å²) in [7, 11) is 1.62. The van der Waals surface area contributed by atoms with E-state index in [2.05, 4.69) is 26.6 Å². The van der Waals surface area contributed by atoms with Crippen LogP contribution in [-0.4, -0.2) is 42.6 Å². The summed E-state index contributed by atoms with van der Waals surface area (Å²) >= 11 is 3.41. The molecule has 4 rings (SSSR count). The lowest BCUT2D eigenvalue weighted by Gasteiger charge is -2.46. The molecule has 7 heteroatoms. The Kier molecular flexibility index (Phi) is 5.02. The first-order valence-electron chi connectivity index (χ1n) is 9.29. The number of methoxy groups -OCH3 is 1. The molecule has 2 N–H and O–H groups in total. The third-order valence-electron chi connectivity index (χ3n) is 5.44. The van der Waals surface area contributed by atoms with Crippen molar-refractivity contribution in [2.24, 2.45) is 0 Å². The van der Waals surface area contributed by atoms with Crippen LogP contribution in [0.2, 0.25) is 0 Å². The molecular formula is C21H22BrN3O3. The third kappa shape index (κ3) is 3.71. The zero-order valence-electron chi connectivity index (χ0n) is 15.6. The Morgan fingerprint density at radius 2 is 1.86 bits per heavy atom.